The van der Waals surface area contributed by atoms with Gasteiger partial charge in [0.05, 0.1) is 5.56 Å². The van der Waals surface area contributed by atoms with Crippen LogP contribution in [0.3, 0.4) is 0 Å². The predicted molar refractivity (Wildman–Crippen MR) is 104 cm³/mol. The van der Waals surface area contributed by atoms with Gasteiger partial charge in [-0.1, -0.05) is 24.3 Å². The molecule has 0 radical (unpaired) electrons. The average molecular weight is 384 g/mol. The molecular formula is C21H24N2O5. The van der Waals surface area contributed by atoms with Crippen LogP contribution in [0.2, 0.25) is 0 Å². The number of aromatic carboxylic acids is 1. The Morgan fingerprint density at radius 3 is 2.39 bits per heavy atom. The number of hydrogen-bond donors (Lipinski definition) is 3. The van der Waals surface area contributed by atoms with Crippen molar-refractivity contribution in [2.75, 3.05) is 13.2 Å². The summed E-state index contributed by atoms with van der Waals surface area (Å²) in [5, 5.41) is 14.4. The van der Waals surface area contributed by atoms with E-state index in [2.05, 4.69) is 10.6 Å². The number of rotatable bonds is 10. The Morgan fingerprint density at radius 2 is 1.71 bits per heavy atom. The van der Waals surface area contributed by atoms with Crippen LogP contribution < -0.4 is 15.4 Å². The molecule has 0 spiro atoms. The summed E-state index contributed by atoms with van der Waals surface area (Å²) in [7, 11) is 0. The standard InChI is InChI=1S/C21H24N2O5/c1-2-22-20(25)14-28-18-5-3-4-16(12-18)13-23-19(24)11-8-15-6-9-17(10-7-15)21(26)27/h3-7,9-10,12H,2,8,11,13-14H2,1H3,(H,22,25)(H,23,24)(H,26,27). The topological polar surface area (TPSA) is 105 Å². The van der Waals surface area contributed by atoms with Gasteiger partial charge in [0.15, 0.2) is 6.61 Å². The van der Waals surface area contributed by atoms with Gasteiger partial charge >= 0.3 is 5.97 Å². The van der Waals surface area contributed by atoms with E-state index in [1.165, 1.54) is 12.1 Å². The van der Waals surface area contributed by atoms with E-state index in [0.717, 1.165) is 11.1 Å². The molecule has 2 aromatic carbocycles. The number of carbonyl (C=O) groups excluding carboxylic acids is 2. The van der Waals surface area contributed by atoms with Gasteiger partial charge in [-0.2, -0.15) is 0 Å². The van der Waals surface area contributed by atoms with Gasteiger partial charge in [0.1, 0.15) is 5.75 Å². The van der Waals surface area contributed by atoms with Crippen molar-refractivity contribution in [3.63, 3.8) is 0 Å². The zero-order valence-corrected chi connectivity index (χ0v) is 15.7. The summed E-state index contributed by atoms with van der Waals surface area (Å²) < 4.78 is 5.43. The van der Waals surface area contributed by atoms with E-state index >= 15 is 0 Å². The summed E-state index contributed by atoms with van der Waals surface area (Å²) in [6, 6.07) is 13.7. The maximum Gasteiger partial charge on any atom is 0.335 e. The highest BCUT2D eigenvalue weighted by molar-refractivity contribution is 5.87. The Labute approximate surface area is 163 Å². The van der Waals surface area contributed by atoms with Crippen LogP contribution in [0.25, 0.3) is 0 Å². The first-order valence-corrected chi connectivity index (χ1v) is 9.05. The lowest BCUT2D eigenvalue weighted by Gasteiger charge is -2.09. The average Bonchev–Trinajstić information content (AvgIpc) is 2.70. The van der Waals surface area contributed by atoms with Crippen molar-refractivity contribution in [3.8, 4) is 5.75 Å². The molecule has 0 aliphatic carbocycles. The summed E-state index contributed by atoms with van der Waals surface area (Å²) in [5.74, 6) is -0.688. The zero-order valence-electron chi connectivity index (χ0n) is 15.7. The third kappa shape index (κ3) is 7.11. The molecule has 2 amide bonds. The first-order chi connectivity index (χ1) is 13.5. The normalized spacial score (nSPS) is 10.2. The van der Waals surface area contributed by atoms with Crippen LogP contribution in [0.4, 0.5) is 0 Å². The fourth-order valence-electron chi connectivity index (χ4n) is 2.50. The quantitative estimate of drug-likeness (QED) is 0.582. The summed E-state index contributed by atoms with van der Waals surface area (Å²) >= 11 is 0. The summed E-state index contributed by atoms with van der Waals surface area (Å²) in [4.78, 5) is 34.3. The first kappa shape index (κ1) is 21.0. The van der Waals surface area contributed by atoms with Crippen molar-refractivity contribution < 1.29 is 24.2 Å². The van der Waals surface area contributed by atoms with Gasteiger partial charge < -0.3 is 20.5 Å². The summed E-state index contributed by atoms with van der Waals surface area (Å²) in [5.41, 5.74) is 2.00. The Bertz CT molecular complexity index is 818. The number of hydrogen-bond acceptors (Lipinski definition) is 4. The minimum atomic E-state index is -0.971. The number of carboxylic acids is 1. The van der Waals surface area contributed by atoms with Crippen LogP contribution in [-0.2, 0) is 22.6 Å². The molecular weight excluding hydrogens is 360 g/mol. The van der Waals surface area contributed by atoms with Gasteiger partial charge in [-0.05, 0) is 48.7 Å². The largest absolute Gasteiger partial charge is 0.484 e. The second-order valence-electron chi connectivity index (χ2n) is 6.17. The molecule has 148 valence electrons. The second-order valence-corrected chi connectivity index (χ2v) is 6.17. The van der Waals surface area contributed by atoms with Crippen LogP contribution in [0.5, 0.6) is 5.75 Å². The van der Waals surface area contributed by atoms with Gasteiger partial charge in [0, 0.05) is 19.5 Å². The Balaban J connectivity index is 1.76. The number of amides is 2. The molecule has 2 aromatic rings. The van der Waals surface area contributed by atoms with Crippen LogP contribution in [-0.4, -0.2) is 36.0 Å². The first-order valence-electron chi connectivity index (χ1n) is 9.05. The van der Waals surface area contributed by atoms with Crippen LogP contribution in [0, 0.1) is 0 Å². The predicted octanol–water partition coefficient (Wildman–Crippen LogP) is 2.15. The summed E-state index contributed by atoms with van der Waals surface area (Å²) in [6.07, 6.45) is 0.835. The van der Waals surface area contributed by atoms with Crippen molar-refractivity contribution >= 4 is 17.8 Å². The lowest BCUT2D eigenvalue weighted by atomic mass is 10.1. The molecule has 0 aromatic heterocycles. The molecule has 7 heteroatoms. The molecule has 28 heavy (non-hydrogen) atoms. The Morgan fingerprint density at radius 1 is 0.964 bits per heavy atom. The highest BCUT2D eigenvalue weighted by Gasteiger charge is 2.06. The number of carbonyl (C=O) groups is 3. The monoisotopic (exact) mass is 384 g/mol. The van der Waals surface area contributed by atoms with E-state index in [1.54, 1.807) is 30.3 Å². The number of likely N-dealkylation sites (N-methyl/N-ethyl adjacent to an activating group) is 1. The van der Waals surface area contributed by atoms with Crippen molar-refractivity contribution in [1.29, 1.82) is 0 Å². The fourth-order valence-corrected chi connectivity index (χ4v) is 2.50. The minimum absolute atomic E-state index is 0.0513. The molecule has 0 fully saturated rings. The number of benzene rings is 2. The van der Waals surface area contributed by atoms with Gasteiger partial charge in [0.25, 0.3) is 5.91 Å². The minimum Gasteiger partial charge on any atom is -0.484 e. The van der Waals surface area contributed by atoms with Crippen LogP contribution in [0.15, 0.2) is 48.5 Å². The van der Waals surface area contributed by atoms with E-state index in [4.69, 9.17) is 9.84 Å². The smallest absolute Gasteiger partial charge is 0.335 e. The van der Waals surface area contributed by atoms with E-state index in [-0.39, 0.29) is 24.0 Å². The van der Waals surface area contributed by atoms with Gasteiger partial charge in [0.2, 0.25) is 5.91 Å². The Hall–Kier alpha value is -3.35. The van der Waals surface area contributed by atoms with Crippen molar-refractivity contribution in [2.45, 2.75) is 26.3 Å². The number of aryl methyl sites for hydroxylation is 1. The number of carboxylic acid groups (broad SMARTS) is 1. The number of nitrogens with one attached hydrogen (secondary N) is 2. The second kappa shape index (κ2) is 10.7. The third-order valence-corrected chi connectivity index (χ3v) is 3.97. The molecule has 7 nitrogen and oxygen atoms in total. The third-order valence-electron chi connectivity index (χ3n) is 3.97. The van der Waals surface area contributed by atoms with Crippen molar-refractivity contribution in [1.82, 2.24) is 10.6 Å². The Kier molecular flexibility index (Phi) is 8.02. The highest BCUT2D eigenvalue weighted by atomic mass is 16.5. The molecule has 3 N–H and O–H groups in total. The van der Waals surface area contributed by atoms with E-state index in [1.807, 2.05) is 13.0 Å². The lowest BCUT2D eigenvalue weighted by molar-refractivity contribution is -0.123. The maximum absolute atomic E-state index is 12.0. The van der Waals surface area contributed by atoms with Crippen LogP contribution >= 0.6 is 0 Å². The summed E-state index contributed by atoms with van der Waals surface area (Å²) in [6.45, 7) is 2.70. The molecule has 2 rings (SSSR count). The maximum atomic E-state index is 12.0. The van der Waals surface area contributed by atoms with Gasteiger partial charge in [-0.25, -0.2) is 4.79 Å². The molecule has 0 saturated carbocycles. The molecule has 0 unspecified atom stereocenters. The van der Waals surface area contributed by atoms with E-state index < -0.39 is 5.97 Å². The van der Waals surface area contributed by atoms with Crippen molar-refractivity contribution in [3.05, 3.63) is 65.2 Å². The van der Waals surface area contributed by atoms with E-state index in [9.17, 15) is 14.4 Å². The highest BCUT2D eigenvalue weighted by Crippen LogP contribution is 2.13. The lowest BCUT2D eigenvalue weighted by Crippen LogP contribution is -2.28. The van der Waals surface area contributed by atoms with Crippen LogP contribution in [0.1, 0.15) is 34.8 Å². The molecule has 0 aliphatic rings. The van der Waals surface area contributed by atoms with E-state index in [0.29, 0.717) is 31.7 Å². The fraction of sp³-hybridized carbons (Fsp3) is 0.286. The van der Waals surface area contributed by atoms with Gasteiger partial charge in [-0.3, -0.25) is 9.59 Å². The molecule has 0 saturated heterocycles. The molecule has 0 atom stereocenters. The van der Waals surface area contributed by atoms with Crippen molar-refractivity contribution in [2.24, 2.45) is 0 Å². The SMILES string of the molecule is CCNC(=O)COc1cccc(CNC(=O)CCc2ccc(C(=O)O)cc2)c1. The number of ether oxygens (including phenoxy) is 1. The molecule has 0 bridgehead atoms. The zero-order chi connectivity index (χ0) is 20.4. The molecule has 0 heterocycles. The molecule has 0 aliphatic heterocycles. The van der Waals surface area contributed by atoms with Gasteiger partial charge in [-0.15, -0.1) is 0 Å².